The number of aryl methyl sites for hydroxylation is 2. The van der Waals surface area contributed by atoms with Crippen LogP contribution in [0.4, 0.5) is 0 Å². The Kier molecular flexibility index (Phi) is 4.07. The first-order valence-corrected chi connectivity index (χ1v) is 5.69. The van der Waals surface area contributed by atoms with Crippen molar-refractivity contribution in [3.8, 4) is 0 Å². The standard InChI is InChI=1S/C14H21N/c1-6-14-13(8-7-12(5)15-14)9-11(4)10(2)3/h7-10H,6H2,1-5H3/b11-9+. The molecular formula is C14H21N. The maximum absolute atomic E-state index is 4.56. The van der Waals surface area contributed by atoms with Crippen LogP contribution in [-0.2, 0) is 6.42 Å². The van der Waals surface area contributed by atoms with Gasteiger partial charge in [0.25, 0.3) is 0 Å². The summed E-state index contributed by atoms with van der Waals surface area (Å²) in [7, 11) is 0. The van der Waals surface area contributed by atoms with Crippen LogP contribution in [0.1, 0.15) is 44.6 Å². The lowest BCUT2D eigenvalue weighted by atomic mass is 10.0. The average molecular weight is 203 g/mol. The Morgan fingerprint density at radius 2 is 2.07 bits per heavy atom. The van der Waals surface area contributed by atoms with Gasteiger partial charge in [0.1, 0.15) is 0 Å². The molecule has 1 heterocycles. The molecular weight excluding hydrogens is 182 g/mol. The molecule has 1 nitrogen and oxygen atoms in total. The second kappa shape index (κ2) is 5.11. The lowest BCUT2D eigenvalue weighted by Gasteiger charge is -2.08. The summed E-state index contributed by atoms with van der Waals surface area (Å²) in [4.78, 5) is 4.56. The van der Waals surface area contributed by atoms with Crippen molar-refractivity contribution >= 4 is 6.08 Å². The van der Waals surface area contributed by atoms with Crippen molar-refractivity contribution in [3.05, 3.63) is 34.7 Å². The summed E-state index contributed by atoms with van der Waals surface area (Å²) in [5.41, 5.74) is 4.99. The van der Waals surface area contributed by atoms with Gasteiger partial charge in [-0.1, -0.05) is 38.5 Å². The van der Waals surface area contributed by atoms with Crippen molar-refractivity contribution in [1.29, 1.82) is 0 Å². The van der Waals surface area contributed by atoms with E-state index in [-0.39, 0.29) is 0 Å². The van der Waals surface area contributed by atoms with Crippen LogP contribution in [0.25, 0.3) is 6.08 Å². The second-order valence-electron chi connectivity index (χ2n) is 4.39. The molecule has 0 unspecified atom stereocenters. The summed E-state index contributed by atoms with van der Waals surface area (Å²) in [6.07, 6.45) is 3.26. The van der Waals surface area contributed by atoms with E-state index < -0.39 is 0 Å². The average Bonchev–Trinajstić information content (AvgIpc) is 2.20. The van der Waals surface area contributed by atoms with Crippen molar-refractivity contribution in [3.63, 3.8) is 0 Å². The van der Waals surface area contributed by atoms with E-state index in [1.165, 1.54) is 16.8 Å². The molecule has 1 aromatic heterocycles. The van der Waals surface area contributed by atoms with Crippen molar-refractivity contribution < 1.29 is 0 Å². The summed E-state index contributed by atoms with van der Waals surface area (Å²) < 4.78 is 0. The molecule has 15 heavy (non-hydrogen) atoms. The third-order valence-corrected chi connectivity index (χ3v) is 2.78. The lowest BCUT2D eigenvalue weighted by Crippen LogP contribution is -1.96. The summed E-state index contributed by atoms with van der Waals surface area (Å²) in [5, 5.41) is 0. The molecule has 0 spiro atoms. The molecule has 0 aliphatic carbocycles. The highest BCUT2D eigenvalue weighted by atomic mass is 14.7. The molecule has 82 valence electrons. The van der Waals surface area contributed by atoms with Crippen LogP contribution in [0.15, 0.2) is 17.7 Å². The number of nitrogens with zero attached hydrogens (tertiary/aromatic N) is 1. The normalized spacial score (nSPS) is 12.3. The zero-order chi connectivity index (χ0) is 11.4. The Bertz CT molecular complexity index is 362. The minimum absolute atomic E-state index is 0.607. The monoisotopic (exact) mass is 203 g/mol. The zero-order valence-corrected chi connectivity index (χ0v) is 10.5. The summed E-state index contributed by atoms with van der Waals surface area (Å²) in [6.45, 7) is 10.8. The van der Waals surface area contributed by atoms with E-state index in [1.54, 1.807) is 0 Å². The Balaban J connectivity index is 3.09. The highest BCUT2D eigenvalue weighted by Crippen LogP contribution is 2.17. The fraction of sp³-hybridized carbons (Fsp3) is 0.500. The molecule has 1 heteroatoms. The van der Waals surface area contributed by atoms with Gasteiger partial charge in [-0.15, -0.1) is 0 Å². The van der Waals surface area contributed by atoms with Crippen LogP contribution in [0, 0.1) is 12.8 Å². The van der Waals surface area contributed by atoms with E-state index in [9.17, 15) is 0 Å². The Hall–Kier alpha value is -1.11. The molecule has 0 fully saturated rings. The summed E-state index contributed by atoms with van der Waals surface area (Å²) in [6, 6.07) is 4.26. The molecule has 0 aliphatic heterocycles. The molecule has 0 radical (unpaired) electrons. The first-order valence-electron chi connectivity index (χ1n) is 5.69. The van der Waals surface area contributed by atoms with Gasteiger partial charge in [-0.3, -0.25) is 4.98 Å². The topological polar surface area (TPSA) is 12.9 Å². The lowest BCUT2D eigenvalue weighted by molar-refractivity contribution is 0.775. The predicted molar refractivity (Wildman–Crippen MR) is 66.8 cm³/mol. The minimum atomic E-state index is 0.607. The first kappa shape index (κ1) is 12.0. The van der Waals surface area contributed by atoms with Crippen molar-refractivity contribution in [2.45, 2.75) is 41.0 Å². The predicted octanol–water partition coefficient (Wildman–Crippen LogP) is 4.01. The van der Waals surface area contributed by atoms with Gasteiger partial charge in [0.2, 0.25) is 0 Å². The van der Waals surface area contributed by atoms with Crippen LogP contribution in [0.3, 0.4) is 0 Å². The number of rotatable bonds is 3. The Labute approximate surface area is 93.2 Å². The number of aromatic nitrogens is 1. The molecule has 0 N–H and O–H groups in total. The van der Waals surface area contributed by atoms with Crippen molar-refractivity contribution in [2.75, 3.05) is 0 Å². The smallest absolute Gasteiger partial charge is 0.0476 e. The van der Waals surface area contributed by atoms with Gasteiger partial charge in [0.05, 0.1) is 0 Å². The quantitative estimate of drug-likeness (QED) is 0.723. The SMILES string of the molecule is CCc1nc(C)ccc1/C=C(\C)C(C)C. The molecule has 0 bridgehead atoms. The molecule has 1 aromatic rings. The largest absolute Gasteiger partial charge is 0.258 e. The Morgan fingerprint density at radius 1 is 1.40 bits per heavy atom. The van der Waals surface area contributed by atoms with Crippen LogP contribution in [0.5, 0.6) is 0 Å². The van der Waals surface area contributed by atoms with Crippen LogP contribution in [-0.4, -0.2) is 4.98 Å². The van der Waals surface area contributed by atoms with Gasteiger partial charge in [-0.05, 0) is 37.8 Å². The molecule has 1 rings (SSSR count). The van der Waals surface area contributed by atoms with Crippen molar-refractivity contribution in [1.82, 2.24) is 4.98 Å². The number of hydrogen-bond donors (Lipinski definition) is 0. The Morgan fingerprint density at radius 3 is 2.60 bits per heavy atom. The maximum atomic E-state index is 4.56. The molecule has 0 aromatic carbocycles. The molecule has 0 amide bonds. The number of pyridine rings is 1. The van der Waals surface area contributed by atoms with Gasteiger partial charge < -0.3 is 0 Å². The maximum Gasteiger partial charge on any atom is 0.0476 e. The van der Waals surface area contributed by atoms with E-state index in [4.69, 9.17) is 0 Å². The molecule has 0 saturated heterocycles. The van der Waals surface area contributed by atoms with Crippen LogP contribution in [0.2, 0.25) is 0 Å². The van der Waals surface area contributed by atoms with E-state index >= 15 is 0 Å². The molecule has 0 aliphatic rings. The van der Waals surface area contributed by atoms with Gasteiger partial charge in [-0.25, -0.2) is 0 Å². The fourth-order valence-corrected chi connectivity index (χ4v) is 1.45. The third-order valence-electron chi connectivity index (χ3n) is 2.78. The summed E-state index contributed by atoms with van der Waals surface area (Å²) in [5.74, 6) is 0.607. The highest BCUT2D eigenvalue weighted by Gasteiger charge is 2.02. The highest BCUT2D eigenvalue weighted by molar-refractivity contribution is 5.55. The van der Waals surface area contributed by atoms with Gasteiger partial charge in [0, 0.05) is 11.4 Å². The second-order valence-corrected chi connectivity index (χ2v) is 4.39. The van der Waals surface area contributed by atoms with E-state index in [2.05, 4.69) is 50.9 Å². The first-order chi connectivity index (χ1) is 7.04. The summed E-state index contributed by atoms with van der Waals surface area (Å²) >= 11 is 0. The van der Waals surface area contributed by atoms with E-state index in [0.29, 0.717) is 5.92 Å². The van der Waals surface area contributed by atoms with E-state index in [0.717, 1.165) is 12.1 Å². The van der Waals surface area contributed by atoms with Gasteiger partial charge in [-0.2, -0.15) is 0 Å². The van der Waals surface area contributed by atoms with Crippen LogP contribution >= 0.6 is 0 Å². The van der Waals surface area contributed by atoms with E-state index in [1.807, 2.05) is 6.92 Å². The van der Waals surface area contributed by atoms with Gasteiger partial charge >= 0.3 is 0 Å². The zero-order valence-electron chi connectivity index (χ0n) is 10.5. The molecule has 0 atom stereocenters. The number of allylic oxidation sites excluding steroid dienone is 1. The molecule has 0 saturated carbocycles. The minimum Gasteiger partial charge on any atom is -0.258 e. The van der Waals surface area contributed by atoms with Crippen molar-refractivity contribution in [2.24, 2.45) is 5.92 Å². The number of hydrogen-bond acceptors (Lipinski definition) is 1. The fourth-order valence-electron chi connectivity index (χ4n) is 1.45. The van der Waals surface area contributed by atoms with Gasteiger partial charge in [0.15, 0.2) is 0 Å². The third kappa shape index (κ3) is 3.19. The van der Waals surface area contributed by atoms with Crippen LogP contribution < -0.4 is 0 Å².